The van der Waals surface area contributed by atoms with Gasteiger partial charge in [-0.2, -0.15) is 0 Å². The molecule has 0 saturated carbocycles. The number of hydrogen-bond acceptors (Lipinski definition) is 7. The highest BCUT2D eigenvalue weighted by Crippen LogP contribution is 2.23. The number of rotatable bonds is 3. The largest absolute Gasteiger partial charge is 0.353 e. The molecule has 0 spiro atoms. The third-order valence-electron chi connectivity index (χ3n) is 4.64. The van der Waals surface area contributed by atoms with Crippen LogP contribution in [-0.2, 0) is 0 Å². The molecule has 0 unspecified atom stereocenters. The zero-order chi connectivity index (χ0) is 15.6. The van der Waals surface area contributed by atoms with E-state index < -0.39 is 0 Å². The van der Waals surface area contributed by atoms with E-state index in [0.29, 0.717) is 6.04 Å². The molecule has 2 aliphatic heterocycles. The van der Waals surface area contributed by atoms with Crippen LogP contribution < -0.4 is 9.80 Å². The van der Waals surface area contributed by atoms with E-state index in [-0.39, 0.29) is 0 Å². The van der Waals surface area contributed by atoms with Crippen molar-refractivity contribution in [3.63, 3.8) is 0 Å². The second-order valence-corrected chi connectivity index (χ2v) is 6.15. The van der Waals surface area contributed by atoms with Gasteiger partial charge in [-0.3, -0.25) is 4.90 Å². The van der Waals surface area contributed by atoms with Crippen LogP contribution in [0.25, 0.3) is 0 Å². The molecule has 0 N–H and O–H groups in total. The molecule has 120 valence electrons. The summed E-state index contributed by atoms with van der Waals surface area (Å²) in [5.41, 5.74) is 1.02. The number of nitrogens with zero attached hydrogens (tertiary/aromatic N) is 7. The highest BCUT2D eigenvalue weighted by Gasteiger charge is 2.34. The zero-order valence-electron chi connectivity index (χ0n) is 13.3. The fraction of sp³-hybridized carbons (Fsp3) is 0.500. The van der Waals surface area contributed by atoms with Gasteiger partial charge in [0, 0.05) is 69.5 Å². The topological polar surface area (TPSA) is 61.3 Å². The molecule has 0 bridgehead atoms. The minimum absolute atomic E-state index is 0.629. The quantitative estimate of drug-likeness (QED) is 0.822. The van der Waals surface area contributed by atoms with Gasteiger partial charge in [0.2, 0.25) is 5.95 Å². The lowest BCUT2D eigenvalue weighted by Gasteiger charge is -2.48. The van der Waals surface area contributed by atoms with Gasteiger partial charge in [-0.05, 0) is 13.0 Å². The molecule has 4 heterocycles. The lowest BCUT2D eigenvalue weighted by atomic mass is 10.1. The number of aromatic nitrogens is 4. The van der Waals surface area contributed by atoms with Crippen molar-refractivity contribution in [3.8, 4) is 0 Å². The van der Waals surface area contributed by atoms with E-state index >= 15 is 0 Å². The lowest BCUT2D eigenvalue weighted by Crippen LogP contribution is -2.63. The highest BCUT2D eigenvalue weighted by molar-refractivity contribution is 5.42. The smallest absolute Gasteiger partial charge is 0.225 e. The van der Waals surface area contributed by atoms with E-state index in [4.69, 9.17) is 0 Å². The van der Waals surface area contributed by atoms with Gasteiger partial charge in [-0.25, -0.2) is 19.9 Å². The molecule has 2 aromatic heterocycles. The summed E-state index contributed by atoms with van der Waals surface area (Å²) < 4.78 is 0. The van der Waals surface area contributed by atoms with Crippen molar-refractivity contribution in [3.05, 3.63) is 36.5 Å². The first kappa shape index (κ1) is 14.3. The van der Waals surface area contributed by atoms with Crippen LogP contribution >= 0.6 is 0 Å². The van der Waals surface area contributed by atoms with Crippen molar-refractivity contribution in [2.75, 3.05) is 49.1 Å². The summed E-state index contributed by atoms with van der Waals surface area (Å²) in [5, 5.41) is 0. The molecule has 7 nitrogen and oxygen atoms in total. The minimum Gasteiger partial charge on any atom is -0.353 e. The first-order chi connectivity index (χ1) is 11.3. The van der Waals surface area contributed by atoms with Crippen molar-refractivity contribution in [1.82, 2.24) is 24.8 Å². The third-order valence-corrected chi connectivity index (χ3v) is 4.64. The summed E-state index contributed by atoms with van der Waals surface area (Å²) in [5.74, 6) is 1.89. The molecule has 0 radical (unpaired) electrons. The van der Waals surface area contributed by atoms with Crippen molar-refractivity contribution < 1.29 is 0 Å². The molecule has 23 heavy (non-hydrogen) atoms. The Kier molecular flexibility index (Phi) is 3.78. The molecule has 2 fully saturated rings. The van der Waals surface area contributed by atoms with E-state index in [1.165, 1.54) is 0 Å². The Balaban J connectivity index is 1.29. The summed E-state index contributed by atoms with van der Waals surface area (Å²) in [6, 6.07) is 4.54. The maximum absolute atomic E-state index is 4.36. The average molecular weight is 311 g/mol. The van der Waals surface area contributed by atoms with Crippen LogP contribution in [0.2, 0.25) is 0 Å². The maximum atomic E-state index is 4.36. The van der Waals surface area contributed by atoms with Crippen molar-refractivity contribution in [2.45, 2.75) is 13.0 Å². The first-order valence-corrected chi connectivity index (χ1v) is 8.09. The van der Waals surface area contributed by atoms with Gasteiger partial charge >= 0.3 is 0 Å². The van der Waals surface area contributed by atoms with Crippen molar-refractivity contribution >= 4 is 11.8 Å². The first-order valence-electron chi connectivity index (χ1n) is 8.09. The summed E-state index contributed by atoms with van der Waals surface area (Å²) >= 11 is 0. The number of anilines is 2. The summed E-state index contributed by atoms with van der Waals surface area (Å²) in [7, 11) is 0. The van der Waals surface area contributed by atoms with Gasteiger partial charge in [0.1, 0.15) is 12.1 Å². The Morgan fingerprint density at radius 2 is 1.65 bits per heavy atom. The lowest BCUT2D eigenvalue weighted by molar-refractivity contribution is 0.156. The van der Waals surface area contributed by atoms with Gasteiger partial charge in [0.15, 0.2) is 0 Å². The molecule has 0 aliphatic carbocycles. The summed E-state index contributed by atoms with van der Waals surface area (Å²) in [4.78, 5) is 24.4. The fourth-order valence-electron chi connectivity index (χ4n) is 3.23. The maximum Gasteiger partial charge on any atom is 0.225 e. The highest BCUT2D eigenvalue weighted by atomic mass is 15.4. The number of hydrogen-bond donors (Lipinski definition) is 0. The molecular formula is C16H21N7. The second kappa shape index (κ2) is 6.08. The average Bonchev–Trinajstić information content (AvgIpc) is 2.55. The van der Waals surface area contributed by atoms with Gasteiger partial charge in [0.25, 0.3) is 0 Å². The Labute approximate surface area is 136 Å². The molecule has 0 amide bonds. The van der Waals surface area contributed by atoms with Crippen molar-refractivity contribution in [1.29, 1.82) is 0 Å². The van der Waals surface area contributed by atoms with Crippen molar-refractivity contribution in [2.24, 2.45) is 0 Å². The number of piperazine rings is 1. The summed E-state index contributed by atoms with van der Waals surface area (Å²) in [6.07, 6.45) is 5.26. The number of aryl methyl sites for hydroxylation is 1. The SMILES string of the molecule is Cc1cc(N2CC(N3CCN(c4ncccn4)CC3)C2)ncn1. The van der Waals surface area contributed by atoms with Crippen LogP contribution in [0.3, 0.4) is 0 Å². The van der Waals surface area contributed by atoms with Crippen LogP contribution in [0.5, 0.6) is 0 Å². The predicted molar refractivity (Wildman–Crippen MR) is 88.6 cm³/mol. The molecular weight excluding hydrogens is 290 g/mol. The van der Waals surface area contributed by atoms with E-state index in [1.807, 2.05) is 25.4 Å². The summed E-state index contributed by atoms with van der Waals surface area (Å²) in [6.45, 7) is 8.24. The standard InChI is InChI=1S/C16H21N7/c1-13-9-15(20-12-19-13)23-10-14(11-23)21-5-7-22(8-6-21)16-17-3-2-4-18-16/h2-4,9,12,14H,5-8,10-11H2,1H3. The molecule has 7 heteroatoms. The predicted octanol–water partition coefficient (Wildman–Crippen LogP) is 0.586. The van der Waals surface area contributed by atoms with Crippen LogP contribution in [-0.4, -0.2) is 70.1 Å². The van der Waals surface area contributed by atoms with Gasteiger partial charge in [-0.1, -0.05) is 0 Å². The van der Waals surface area contributed by atoms with Gasteiger partial charge < -0.3 is 9.80 Å². The molecule has 0 aromatic carbocycles. The second-order valence-electron chi connectivity index (χ2n) is 6.15. The monoisotopic (exact) mass is 311 g/mol. The normalized spacial score (nSPS) is 19.7. The minimum atomic E-state index is 0.629. The Bertz CT molecular complexity index is 648. The Morgan fingerprint density at radius 3 is 2.35 bits per heavy atom. The molecule has 0 atom stereocenters. The third kappa shape index (κ3) is 2.96. The van der Waals surface area contributed by atoms with E-state index in [0.717, 1.165) is 56.7 Å². The van der Waals surface area contributed by atoms with E-state index in [9.17, 15) is 0 Å². The van der Waals surface area contributed by atoms with Crippen LogP contribution in [0.1, 0.15) is 5.69 Å². The van der Waals surface area contributed by atoms with Gasteiger partial charge in [0.05, 0.1) is 0 Å². The van der Waals surface area contributed by atoms with Crippen LogP contribution in [0.4, 0.5) is 11.8 Å². The fourth-order valence-corrected chi connectivity index (χ4v) is 3.23. The van der Waals surface area contributed by atoms with Crippen LogP contribution in [0.15, 0.2) is 30.9 Å². The zero-order valence-corrected chi connectivity index (χ0v) is 13.3. The van der Waals surface area contributed by atoms with Gasteiger partial charge in [-0.15, -0.1) is 0 Å². The Morgan fingerprint density at radius 1 is 0.913 bits per heavy atom. The Hall–Kier alpha value is -2.28. The molecule has 2 aliphatic rings. The molecule has 2 aromatic rings. The molecule has 2 saturated heterocycles. The molecule has 4 rings (SSSR count). The van der Waals surface area contributed by atoms with Crippen LogP contribution in [0, 0.1) is 6.92 Å². The van der Waals surface area contributed by atoms with E-state index in [2.05, 4.69) is 40.7 Å². The van der Waals surface area contributed by atoms with E-state index in [1.54, 1.807) is 6.33 Å².